The van der Waals surface area contributed by atoms with Gasteiger partial charge in [-0.25, -0.2) is 0 Å². The molecule has 1 atom stereocenters. The number of rotatable bonds is 5. The lowest BCUT2D eigenvalue weighted by atomic mass is 9.77. The minimum absolute atomic E-state index is 0.347. The summed E-state index contributed by atoms with van der Waals surface area (Å²) in [5.41, 5.74) is 1.19. The summed E-state index contributed by atoms with van der Waals surface area (Å²) < 4.78 is 7.41. The molecule has 0 aliphatic heterocycles. The Balaban J connectivity index is 2.14. The van der Waals surface area contributed by atoms with Gasteiger partial charge < -0.3 is 10.1 Å². The highest BCUT2D eigenvalue weighted by Gasteiger charge is 2.30. The molecule has 1 N–H and O–H groups in total. The molecule has 19 heavy (non-hydrogen) atoms. The first kappa shape index (κ1) is 14.4. The largest absolute Gasteiger partial charge is 0.493 e. The summed E-state index contributed by atoms with van der Waals surface area (Å²) in [7, 11) is 5.77. The van der Waals surface area contributed by atoms with Crippen molar-refractivity contribution in [2.75, 3.05) is 14.2 Å². The first-order chi connectivity index (χ1) is 9.21. The average Bonchev–Trinajstić information content (AvgIpc) is 2.82. The fourth-order valence-corrected chi connectivity index (χ4v) is 3.46. The molecule has 0 amide bonds. The smallest absolute Gasteiger partial charge is 0.161 e. The predicted octanol–water partition coefficient (Wildman–Crippen LogP) is 2.91. The topological polar surface area (TPSA) is 39.1 Å². The first-order valence-corrected chi connectivity index (χ1v) is 7.44. The Morgan fingerprint density at radius 2 is 2.11 bits per heavy atom. The van der Waals surface area contributed by atoms with Crippen LogP contribution in [0.3, 0.4) is 0 Å². The minimum Gasteiger partial charge on any atom is -0.493 e. The number of hydrogen-bond acceptors (Lipinski definition) is 3. The lowest BCUT2D eigenvalue weighted by molar-refractivity contribution is 0.216. The molecule has 4 nitrogen and oxygen atoms in total. The third-order valence-corrected chi connectivity index (χ3v) is 4.71. The van der Waals surface area contributed by atoms with Crippen molar-refractivity contribution in [1.82, 2.24) is 15.1 Å². The fourth-order valence-electron chi connectivity index (χ4n) is 3.46. The SMILES string of the molecule is CCC1CCC(C(NC)c2c(OC)cnn2C)CC1. The molecule has 0 bridgehead atoms. The Bertz CT molecular complexity index is 394. The van der Waals surface area contributed by atoms with Crippen molar-refractivity contribution in [3.05, 3.63) is 11.9 Å². The van der Waals surface area contributed by atoms with Gasteiger partial charge in [0.15, 0.2) is 5.75 Å². The van der Waals surface area contributed by atoms with Gasteiger partial charge >= 0.3 is 0 Å². The van der Waals surface area contributed by atoms with Crippen molar-refractivity contribution in [2.24, 2.45) is 18.9 Å². The van der Waals surface area contributed by atoms with Crippen LogP contribution in [0.4, 0.5) is 0 Å². The van der Waals surface area contributed by atoms with E-state index in [1.807, 2.05) is 25.0 Å². The van der Waals surface area contributed by atoms with E-state index < -0.39 is 0 Å². The second-order valence-electron chi connectivity index (χ2n) is 5.68. The van der Waals surface area contributed by atoms with Crippen LogP contribution in [0.25, 0.3) is 0 Å². The zero-order valence-electron chi connectivity index (χ0n) is 12.6. The van der Waals surface area contributed by atoms with E-state index in [-0.39, 0.29) is 0 Å². The Morgan fingerprint density at radius 1 is 1.42 bits per heavy atom. The number of aromatic nitrogens is 2. The second-order valence-corrected chi connectivity index (χ2v) is 5.68. The van der Waals surface area contributed by atoms with Crippen molar-refractivity contribution in [3.8, 4) is 5.75 Å². The van der Waals surface area contributed by atoms with Crippen LogP contribution in [0.15, 0.2) is 6.20 Å². The molecule has 1 heterocycles. The first-order valence-electron chi connectivity index (χ1n) is 7.44. The van der Waals surface area contributed by atoms with E-state index in [4.69, 9.17) is 4.74 Å². The summed E-state index contributed by atoms with van der Waals surface area (Å²) >= 11 is 0. The molecule has 0 radical (unpaired) electrons. The molecule has 0 aromatic carbocycles. The normalized spacial score (nSPS) is 25.3. The molecule has 1 fully saturated rings. The Hall–Kier alpha value is -1.03. The van der Waals surface area contributed by atoms with E-state index in [0.717, 1.165) is 11.7 Å². The van der Waals surface area contributed by atoms with Gasteiger partial charge in [-0.2, -0.15) is 5.10 Å². The summed E-state index contributed by atoms with van der Waals surface area (Å²) in [5.74, 6) is 2.53. The van der Waals surface area contributed by atoms with Crippen molar-refractivity contribution in [2.45, 2.75) is 45.1 Å². The molecule has 0 spiro atoms. The van der Waals surface area contributed by atoms with Crippen LogP contribution in [0.1, 0.15) is 50.8 Å². The number of nitrogens with zero attached hydrogens (tertiary/aromatic N) is 2. The van der Waals surface area contributed by atoms with Crippen LogP contribution in [0.5, 0.6) is 5.75 Å². The molecule has 1 aromatic rings. The highest BCUT2D eigenvalue weighted by molar-refractivity contribution is 5.28. The van der Waals surface area contributed by atoms with Crippen LogP contribution < -0.4 is 10.1 Å². The molecule has 1 aromatic heterocycles. The van der Waals surface area contributed by atoms with Gasteiger partial charge in [0.05, 0.1) is 25.0 Å². The van der Waals surface area contributed by atoms with Crippen LogP contribution in [-0.2, 0) is 7.05 Å². The second kappa shape index (κ2) is 6.42. The molecular weight excluding hydrogens is 238 g/mol. The lowest BCUT2D eigenvalue weighted by Crippen LogP contribution is -2.30. The number of methoxy groups -OCH3 is 1. The Morgan fingerprint density at radius 3 is 2.63 bits per heavy atom. The zero-order valence-corrected chi connectivity index (χ0v) is 12.6. The van der Waals surface area contributed by atoms with Gasteiger partial charge in [0.2, 0.25) is 0 Å². The van der Waals surface area contributed by atoms with Gasteiger partial charge in [0.25, 0.3) is 0 Å². The van der Waals surface area contributed by atoms with Gasteiger partial charge in [-0.3, -0.25) is 4.68 Å². The molecule has 1 saturated carbocycles. The number of hydrogen-bond donors (Lipinski definition) is 1. The van der Waals surface area contributed by atoms with E-state index in [1.165, 1.54) is 37.8 Å². The van der Waals surface area contributed by atoms with E-state index in [9.17, 15) is 0 Å². The molecule has 4 heteroatoms. The number of ether oxygens (including phenoxy) is 1. The van der Waals surface area contributed by atoms with Crippen LogP contribution in [0.2, 0.25) is 0 Å². The van der Waals surface area contributed by atoms with Crippen molar-refractivity contribution in [1.29, 1.82) is 0 Å². The summed E-state index contributed by atoms with van der Waals surface area (Å²) in [5, 5.41) is 7.82. The molecule has 2 rings (SSSR count). The molecule has 1 aliphatic carbocycles. The number of aryl methyl sites for hydroxylation is 1. The standard InChI is InChI=1S/C15H27N3O/c1-5-11-6-8-12(9-7-11)14(16-2)15-13(19-4)10-17-18(15)3/h10-12,14,16H,5-9H2,1-4H3. The molecule has 108 valence electrons. The minimum atomic E-state index is 0.347. The van der Waals surface area contributed by atoms with Crippen LogP contribution in [-0.4, -0.2) is 23.9 Å². The maximum absolute atomic E-state index is 5.46. The quantitative estimate of drug-likeness (QED) is 0.889. The van der Waals surface area contributed by atoms with Crippen molar-refractivity contribution < 1.29 is 4.74 Å². The maximum atomic E-state index is 5.46. The average molecular weight is 265 g/mol. The highest BCUT2D eigenvalue weighted by atomic mass is 16.5. The van der Waals surface area contributed by atoms with Gasteiger partial charge in [0, 0.05) is 7.05 Å². The van der Waals surface area contributed by atoms with E-state index in [1.54, 1.807) is 7.11 Å². The fraction of sp³-hybridized carbons (Fsp3) is 0.800. The highest BCUT2D eigenvalue weighted by Crippen LogP contribution is 2.39. The van der Waals surface area contributed by atoms with Gasteiger partial charge in [0.1, 0.15) is 0 Å². The van der Waals surface area contributed by atoms with E-state index in [0.29, 0.717) is 12.0 Å². The third kappa shape index (κ3) is 2.94. The third-order valence-electron chi connectivity index (χ3n) is 4.71. The summed E-state index contributed by atoms with van der Waals surface area (Å²) in [4.78, 5) is 0. The molecule has 0 saturated heterocycles. The van der Waals surface area contributed by atoms with Crippen molar-refractivity contribution >= 4 is 0 Å². The summed E-state index contributed by atoms with van der Waals surface area (Å²) in [6, 6.07) is 0.347. The van der Waals surface area contributed by atoms with E-state index in [2.05, 4.69) is 17.3 Å². The summed E-state index contributed by atoms with van der Waals surface area (Å²) in [6.45, 7) is 2.31. The van der Waals surface area contributed by atoms with Gasteiger partial charge in [-0.1, -0.05) is 26.2 Å². The summed E-state index contributed by atoms with van der Waals surface area (Å²) in [6.07, 6.45) is 8.47. The van der Waals surface area contributed by atoms with Crippen molar-refractivity contribution in [3.63, 3.8) is 0 Å². The zero-order chi connectivity index (χ0) is 13.8. The van der Waals surface area contributed by atoms with Gasteiger partial charge in [-0.05, 0) is 31.7 Å². The van der Waals surface area contributed by atoms with Crippen LogP contribution in [0, 0.1) is 11.8 Å². The maximum Gasteiger partial charge on any atom is 0.161 e. The Labute approximate surface area is 116 Å². The monoisotopic (exact) mass is 265 g/mol. The van der Waals surface area contributed by atoms with E-state index >= 15 is 0 Å². The molecule has 1 unspecified atom stereocenters. The molecular formula is C15H27N3O. The van der Waals surface area contributed by atoms with Crippen LogP contribution >= 0.6 is 0 Å². The Kier molecular flexibility index (Phi) is 4.86. The number of nitrogens with one attached hydrogen (secondary N) is 1. The lowest BCUT2D eigenvalue weighted by Gasteiger charge is -2.33. The molecule has 1 aliphatic rings. The predicted molar refractivity (Wildman–Crippen MR) is 77.3 cm³/mol. The van der Waals surface area contributed by atoms with Gasteiger partial charge in [-0.15, -0.1) is 0 Å².